The Labute approximate surface area is 198 Å². The minimum Gasteiger partial charge on any atom is -0.471 e. The molecule has 1 amide bonds. The molecule has 1 aromatic rings. The Morgan fingerprint density at radius 1 is 1.38 bits per heavy atom. The first kappa shape index (κ1) is 25.8. The van der Waals surface area contributed by atoms with Crippen molar-refractivity contribution in [2.45, 2.75) is 37.9 Å². The van der Waals surface area contributed by atoms with Crippen molar-refractivity contribution in [3.63, 3.8) is 0 Å². The van der Waals surface area contributed by atoms with E-state index in [1.807, 2.05) is 4.90 Å². The number of ether oxygens (including phenoxy) is 1. The zero-order valence-electron chi connectivity index (χ0n) is 19.6. The van der Waals surface area contributed by atoms with Gasteiger partial charge >= 0.3 is 0 Å². The van der Waals surface area contributed by atoms with Crippen molar-refractivity contribution in [2.75, 3.05) is 32.5 Å². The molecule has 1 unspecified atom stereocenters. The molecule has 1 aromatic heterocycles. The number of aromatic nitrogens is 1. The van der Waals surface area contributed by atoms with Crippen LogP contribution in [0.5, 0.6) is 5.88 Å². The lowest BCUT2D eigenvalue weighted by Gasteiger charge is -2.39. The number of hydrogen-bond donors (Lipinski definition) is 0. The molecule has 2 aliphatic rings. The predicted octanol–water partition coefficient (Wildman–Crippen LogP) is 2.68. The number of allylic oxidation sites excluding steroid dienone is 1. The number of pyridine rings is 1. The van der Waals surface area contributed by atoms with Crippen LogP contribution in [0.25, 0.3) is 0 Å². The molecule has 11 heteroatoms. The highest BCUT2D eigenvalue weighted by atomic mass is 32.2. The van der Waals surface area contributed by atoms with Gasteiger partial charge in [0.15, 0.2) is 16.4 Å². The number of hydrogen-bond acceptors (Lipinski definition) is 6. The van der Waals surface area contributed by atoms with Gasteiger partial charge in [0.1, 0.15) is 5.84 Å². The Morgan fingerprint density at radius 3 is 2.65 bits per heavy atom. The van der Waals surface area contributed by atoms with Gasteiger partial charge in [-0.15, -0.1) is 0 Å². The number of likely N-dealkylation sites (tertiary alicyclic amines) is 2. The number of aliphatic imine (C=N–C) groups is 1. The molecule has 0 aliphatic carbocycles. The number of amidine groups is 1. The molecule has 34 heavy (non-hydrogen) atoms. The van der Waals surface area contributed by atoms with E-state index < -0.39 is 22.4 Å². The Bertz CT molecular complexity index is 1080. The van der Waals surface area contributed by atoms with Crippen molar-refractivity contribution < 1.29 is 26.7 Å². The van der Waals surface area contributed by atoms with Gasteiger partial charge < -0.3 is 14.5 Å². The van der Waals surface area contributed by atoms with E-state index >= 15 is 0 Å². The number of alkyl halides is 2. The zero-order valence-corrected chi connectivity index (χ0v) is 20.4. The lowest BCUT2D eigenvalue weighted by atomic mass is 9.99. The highest BCUT2D eigenvalue weighted by molar-refractivity contribution is 7.91. The molecule has 0 aromatic carbocycles. The van der Waals surface area contributed by atoms with Crippen LogP contribution in [0.3, 0.4) is 0 Å². The molecule has 186 valence electrons. The van der Waals surface area contributed by atoms with Crippen molar-refractivity contribution in [2.24, 2.45) is 10.9 Å². The molecule has 0 spiro atoms. The van der Waals surface area contributed by atoms with Crippen LogP contribution in [0, 0.1) is 5.92 Å². The van der Waals surface area contributed by atoms with Gasteiger partial charge in [-0.1, -0.05) is 12.6 Å². The monoisotopic (exact) mass is 496 g/mol. The number of carbonyl (C=O) groups excluding carboxylic acids is 1. The van der Waals surface area contributed by atoms with E-state index in [1.54, 1.807) is 30.2 Å². The minimum absolute atomic E-state index is 0.0500. The Balaban J connectivity index is 1.57. The van der Waals surface area contributed by atoms with Crippen LogP contribution in [-0.2, 0) is 21.1 Å². The van der Waals surface area contributed by atoms with Crippen molar-refractivity contribution in [1.29, 1.82) is 0 Å². The fourth-order valence-corrected chi connectivity index (χ4v) is 4.64. The number of nitrogens with zero attached hydrogens (tertiary/aromatic N) is 4. The van der Waals surface area contributed by atoms with Crippen molar-refractivity contribution in [3.8, 4) is 5.88 Å². The smallest absolute Gasteiger partial charge is 0.278 e. The molecule has 2 aliphatic heterocycles. The highest BCUT2D eigenvalue weighted by Gasteiger charge is 2.35. The van der Waals surface area contributed by atoms with Crippen LogP contribution in [0.4, 0.5) is 8.78 Å². The van der Waals surface area contributed by atoms with Crippen molar-refractivity contribution in [1.82, 2.24) is 14.8 Å². The number of rotatable bonds is 9. The fraction of sp³-hybridized carbons (Fsp3) is 0.522. The third-order valence-electron chi connectivity index (χ3n) is 5.89. The van der Waals surface area contributed by atoms with Crippen LogP contribution in [0.2, 0.25) is 0 Å². The summed E-state index contributed by atoms with van der Waals surface area (Å²) in [6, 6.07) is 3.25. The normalized spacial score (nSPS) is 20.5. The quantitative estimate of drug-likeness (QED) is 0.297. The molecular weight excluding hydrogens is 466 g/mol. The molecule has 1 atom stereocenters. The molecule has 8 nitrogen and oxygen atoms in total. The van der Waals surface area contributed by atoms with Crippen LogP contribution in [0.1, 0.15) is 25.8 Å². The van der Waals surface area contributed by atoms with Crippen LogP contribution >= 0.6 is 0 Å². The first-order valence-electron chi connectivity index (χ1n) is 10.9. The van der Waals surface area contributed by atoms with E-state index in [-0.39, 0.29) is 23.0 Å². The Kier molecular flexibility index (Phi) is 7.74. The standard InChI is InChI=1S/C23H30F2N4O4S/c1-5-19(12-26-16(2)28-13-20(14-28)34(4,31)32)29-9-8-18(22(29)30)10-17-6-7-21(27-11-17)33-15-23(3,24)25/h5-7,11-12,18,20H,1,8-10,13-15H2,2-4H3/b19-12+,26-16+. The largest absolute Gasteiger partial charge is 0.471 e. The first-order chi connectivity index (χ1) is 15.9. The molecule has 3 heterocycles. The van der Waals surface area contributed by atoms with Gasteiger partial charge in [0.25, 0.3) is 5.92 Å². The van der Waals surface area contributed by atoms with Gasteiger partial charge in [-0.2, -0.15) is 0 Å². The molecule has 0 saturated carbocycles. The maximum atomic E-state index is 13.0. The van der Waals surface area contributed by atoms with Gasteiger partial charge in [0.2, 0.25) is 11.8 Å². The molecule has 2 saturated heterocycles. The average molecular weight is 497 g/mol. The van der Waals surface area contributed by atoms with E-state index in [1.165, 1.54) is 18.5 Å². The summed E-state index contributed by atoms with van der Waals surface area (Å²) in [5.74, 6) is -2.44. The van der Waals surface area contributed by atoms with E-state index in [0.717, 1.165) is 12.5 Å². The van der Waals surface area contributed by atoms with Crippen LogP contribution < -0.4 is 4.74 Å². The third kappa shape index (κ3) is 6.62. The summed E-state index contributed by atoms with van der Waals surface area (Å²) in [5.41, 5.74) is 1.39. The summed E-state index contributed by atoms with van der Waals surface area (Å²) in [6.07, 6.45) is 7.04. The second kappa shape index (κ2) is 10.2. The van der Waals surface area contributed by atoms with Gasteiger partial charge in [-0.25, -0.2) is 27.2 Å². The number of sulfone groups is 1. The van der Waals surface area contributed by atoms with E-state index in [0.29, 0.717) is 44.0 Å². The SMILES string of the molecule is C=C/C(=C\N=C(/C)N1CC(S(C)(=O)=O)C1)N1CCC(Cc2ccc(OCC(C)(F)F)nc2)C1=O. The van der Waals surface area contributed by atoms with E-state index in [2.05, 4.69) is 16.6 Å². The molecule has 0 bridgehead atoms. The lowest BCUT2D eigenvalue weighted by molar-refractivity contribution is -0.129. The summed E-state index contributed by atoms with van der Waals surface area (Å²) in [6.45, 7) is 6.97. The van der Waals surface area contributed by atoms with Crippen LogP contribution in [-0.4, -0.2) is 78.6 Å². The van der Waals surface area contributed by atoms with E-state index in [4.69, 9.17) is 4.74 Å². The zero-order chi connectivity index (χ0) is 25.1. The lowest BCUT2D eigenvalue weighted by Crippen LogP contribution is -2.56. The van der Waals surface area contributed by atoms with Gasteiger partial charge in [-0.05, 0) is 31.4 Å². The molecular formula is C23H30F2N4O4S. The summed E-state index contributed by atoms with van der Waals surface area (Å²) >= 11 is 0. The predicted molar refractivity (Wildman–Crippen MR) is 125 cm³/mol. The molecule has 0 radical (unpaired) electrons. The summed E-state index contributed by atoms with van der Waals surface area (Å²) in [7, 11) is -3.05. The fourth-order valence-electron chi connectivity index (χ4n) is 3.73. The number of amides is 1. The Hall–Kier alpha value is -2.82. The second-order valence-electron chi connectivity index (χ2n) is 8.83. The van der Waals surface area contributed by atoms with Crippen molar-refractivity contribution in [3.05, 3.63) is 48.4 Å². The molecule has 3 rings (SSSR count). The highest BCUT2D eigenvalue weighted by Crippen LogP contribution is 2.27. The topological polar surface area (TPSA) is 92.2 Å². The summed E-state index contributed by atoms with van der Waals surface area (Å²) < 4.78 is 53.9. The van der Waals surface area contributed by atoms with Gasteiger partial charge in [-0.3, -0.25) is 4.79 Å². The van der Waals surface area contributed by atoms with Gasteiger partial charge in [0.05, 0.1) is 17.1 Å². The average Bonchev–Trinajstić information content (AvgIpc) is 3.05. The van der Waals surface area contributed by atoms with Gasteiger partial charge in [0, 0.05) is 51.0 Å². The van der Waals surface area contributed by atoms with E-state index in [9.17, 15) is 22.0 Å². The minimum atomic E-state index is -3.05. The second-order valence-corrected chi connectivity index (χ2v) is 11.2. The number of halogens is 2. The summed E-state index contributed by atoms with van der Waals surface area (Å²) in [4.78, 5) is 24.9. The summed E-state index contributed by atoms with van der Waals surface area (Å²) in [5, 5.41) is -0.371. The Morgan fingerprint density at radius 2 is 2.09 bits per heavy atom. The third-order valence-corrected chi connectivity index (χ3v) is 7.39. The molecule has 0 N–H and O–H groups in total. The maximum Gasteiger partial charge on any atom is 0.278 e. The number of carbonyl (C=O) groups is 1. The molecule has 2 fully saturated rings. The van der Waals surface area contributed by atoms with Crippen LogP contribution in [0.15, 0.2) is 47.9 Å². The maximum absolute atomic E-state index is 13.0. The first-order valence-corrected chi connectivity index (χ1v) is 12.9. The van der Waals surface area contributed by atoms with Crippen molar-refractivity contribution >= 4 is 21.6 Å².